The second-order valence-electron chi connectivity index (χ2n) is 11.2. The predicted molar refractivity (Wildman–Crippen MR) is 180 cm³/mol. The molecule has 0 atom stereocenters. The van der Waals surface area contributed by atoms with Gasteiger partial charge in [-0.2, -0.15) is 0 Å². The molecule has 0 saturated carbocycles. The SMILES string of the molecule is O=C(Nc1ccc2nc(-c3ccc(N4CCOCC4)cc3)[nH]c2c1)c1ccc2nc(-c3ccc(N(CCO)CCO)cc3)[nH]c2c1. The lowest BCUT2D eigenvalue weighted by atomic mass is 10.2. The number of hydrogen-bond donors (Lipinski definition) is 5. The van der Waals surface area contributed by atoms with Gasteiger partial charge in [0.2, 0.25) is 0 Å². The molecular formula is C35H35N7O4. The molecule has 1 aliphatic heterocycles. The van der Waals surface area contributed by atoms with E-state index in [0.717, 1.165) is 71.0 Å². The summed E-state index contributed by atoms with van der Waals surface area (Å²) < 4.78 is 5.46. The smallest absolute Gasteiger partial charge is 0.255 e. The molecule has 1 aliphatic rings. The van der Waals surface area contributed by atoms with Crippen molar-refractivity contribution >= 4 is 45.0 Å². The van der Waals surface area contributed by atoms with Crippen molar-refractivity contribution in [2.24, 2.45) is 0 Å². The Labute approximate surface area is 265 Å². The van der Waals surface area contributed by atoms with Gasteiger partial charge in [0.1, 0.15) is 11.6 Å². The van der Waals surface area contributed by atoms with Gasteiger partial charge in [0.15, 0.2) is 0 Å². The summed E-state index contributed by atoms with van der Waals surface area (Å²) in [6.45, 7) is 4.17. The highest BCUT2D eigenvalue weighted by Gasteiger charge is 2.14. The summed E-state index contributed by atoms with van der Waals surface area (Å²) in [5, 5.41) is 21.7. The molecule has 0 spiro atoms. The van der Waals surface area contributed by atoms with Gasteiger partial charge >= 0.3 is 0 Å². The lowest BCUT2D eigenvalue weighted by molar-refractivity contribution is 0.102. The van der Waals surface area contributed by atoms with Crippen LogP contribution in [0.3, 0.4) is 0 Å². The van der Waals surface area contributed by atoms with E-state index in [1.807, 2.05) is 53.4 Å². The molecule has 46 heavy (non-hydrogen) atoms. The highest BCUT2D eigenvalue weighted by atomic mass is 16.5. The summed E-state index contributed by atoms with van der Waals surface area (Å²) in [6, 6.07) is 27.2. The van der Waals surface area contributed by atoms with Crippen LogP contribution in [0.4, 0.5) is 17.1 Å². The fourth-order valence-corrected chi connectivity index (χ4v) is 5.81. The summed E-state index contributed by atoms with van der Waals surface area (Å²) in [4.78, 5) is 33.7. The van der Waals surface area contributed by atoms with E-state index in [4.69, 9.17) is 14.7 Å². The molecule has 0 aliphatic carbocycles. The van der Waals surface area contributed by atoms with E-state index in [0.29, 0.717) is 30.2 Å². The van der Waals surface area contributed by atoms with Crippen LogP contribution in [0.2, 0.25) is 0 Å². The number of carbonyl (C=O) groups is 1. The minimum Gasteiger partial charge on any atom is -0.395 e. The van der Waals surface area contributed by atoms with E-state index < -0.39 is 0 Å². The molecule has 0 radical (unpaired) electrons. The fourth-order valence-electron chi connectivity index (χ4n) is 5.81. The number of aliphatic hydroxyl groups is 2. The van der Waals surface area contributed by atoms with E-state index in [-0.39, 0.29) is 19.1 Å². The molecule has 11 heteroatoms. The number of aromatic nitrogens is 4. The van der Waals surface area contributed by atoms with Crippen molar-refractivity contribution in [2.75, 3.05) is 67.7 Å². The molecule has 2 aromatic heterocycles. The molecule has 4 aromatic carbocycles. The van der Waals surface area contributed by atoms with Crippen LogP contribution in [-0.4, -0.2) is 88.7 Å². The van der Waals surface area contributed by atoms with Crippen LogP contribution >= 0.6 is 0 Å². The van der Waals surface area contributed by atoms with Crippen molar-refractivity contribution in [3.05, 3.63) is 90.5 Å². The van der Waals surface area contributed by atoms with Crippen molar-refractivity contribution in [2.45, 2.75) is 0 Å². The van der Waals surface area contributed by atoms with Gasteiger partial charge in [0, 0.05) is 59.9 Å². The third-order valence-corrected chi connectivity index (χ3v) is 8.25. The van der Waals surface area contributed by atoms with E-state index in [2.05, 4.69) is 44.5 Å². The van der Waals surface area contributed by atoms with Gasteiger partial charge in [-0.25, -0.2) is 9.97 Å². The molecular weight excluding hydrogens is 582 g/mol. The average molecular weight is 618 g/mol. The molecule has 1 saturated heterocycles. The van der Waals surface area contributed by atoms with Crippen LogP contribution in [-0.2, 0) is 4.74 Å². The molecule has 0 bridgehead atoms. The number of ether oxygens (including phenoxy) is 1. The number of aromatic amines is 2. The summed E-state index contributed by atoms with van der Waals surface area (Å²) >= 11 is 0. The fraction of sp³-hybridized carbons (Fsp3) is 0.229. The van der Waals surface area contributed by atoms with E-state index >= 15 is 0 Å². The quantitative estimate of drug-likeness (QED) is 0.150. The number of fused-ring (bicyclic) bond motifs is 2. The highest BCUT2D eigenvalue weighted by molar-refractivity contribution is 6.06. The van der Waals surface area contributed by atoms with E-state index in [1.165, 1.54) is 5.69 Å². The Balaban J connectivity index is 1.04. The number of benzene rings is 4. The first kappa shape index (κ1) is 29.5. The topological polar surface area (TPSA) is 143 Å². The average Bonchev–Trinajstić information content (AvgIpc) is 3.73. The van der Waals surface area contributed by atoms with Gasteiger partial charge in [-0.15, -0.1) is 0 Å². The number of H-pyrrole nitrogens is 2. The van der Waals surface area contributed by atoms with Crippen molar-refractivity contribution in [3.8, 4) is 22.8 Å². The Bertz CT molecular complexity index is 1960. The van der Waals surface area contributed by atoms with Gasteiger partial charge in [-0.1, -0.05) is 0 Å². The molecule has 11 nitrogen and oxygen atoms in total. The summed E-state index contributed by atoms with van der Waals surface area (Å²) in [5.74, 6) is 1.23. The van der Waals surface area contributed by atoms with Crippen molar-refractivity contribution in [1.29, 1.82) is 0 Å². The highest BCUT2D eigenvalue weighted by Crippen LogP contribution is 2.27. The molecule has 1 fully saturated rings. The van der Waals surface area contributed by atoms with Gasteiger partial charge in [-0.3, -0.25) is 4.79 Å². The molecule has 7 rings (SSSR count). The Morgan fingerprint density at radius 1 is 0.783 bits per heavy atom. The summed E-state index contributed by atoms with van der Waals surface area (Å²) in [5.41, 5.74) is 8.29. The van der Waals surface area contributed by atoms with Gasteiger partial charge in [0.25, 0.3) is 5.91 Å². The number of amides is 1. The number of carbonyl (C=O) groups excluding carboxylic acids is 1. The van der Waals surface area contributed by atoms with Crippen LogP contribution in [0.5, 0.6) is 0 Å². The molecule has 234 valence electrons. The molecule has 1 amide bonds. The maximum atomic E-state index is 13.2. The lowest BCUT2D eigenvalue weighted by Gasteiger charge is -2.28. The number of hydrogen-bond acceptors (Lipinski definition) is 8. The first-order valence-corrected chi connectivity index (χ1v) is 15.4. The number of nitrogens with zero attached hydrogens (tertiary/aromatic N) is 4. The van der Waals surface area contributed by atoms with E-state index in [9.17, 15) is 15.0 Å². The maximum Gasteiger partial charge on any atom is 0.255 e. The predicted octanol–water partition coefficient (Wildman–Crippen LogP) is 4.65. The molecule has 3 heterocycles. The van der Waals surface area contributed by atoms with Crippen molar-refractivity contribution in [1.82, 2.24) is 19.9 Å². The van der Waals surface area contributed by atoms with Crippen LogP contribution in [0.25, 0.3) is 44.8 Å². The van der Waals surface area contributed by atoms with E-state index in [1.54, 1.807) is 12.1 Å². The molecule has 5 N–H and O–H groups in total. The molecule has 0 unspecified atom stereocenters. The largest absolute Gasteiger partial charge is 0.395 e. The van der Waals surface area contributed by atoms with Crippen LogP contribution in [0.15, 0.2) is 84.9 Å². The number of morpholine rings is 1. The Morgan fingerprint density at radius 3 is 2.00 bits per heavy atom. The zero-order valence-corrected chi connectivity index (χ0v) is 25.2. The zero-order chi connectivity index (χ0) is 31.5. The second kappa shape index (κ2) is 13.0. The standard InChI is InChI=1S/C35H35N7O4/c43-17-13-41(14-18-44)27-7-1-23(2-8-27)33-37-29-11-5-25(21-31(29)39-33)35(45)36-26-6-12-30-32(22-26)40-34(38-30)24-3-9-28(10-4-24)42-15-19-46-20-16-42/h1-12,21-22,43-44H,13-20H2,(H,36,45)(H,37,39)(H,38,40). The number of imidazole rings is 2. The number of anilines is 3. The Hall–Kier alpha value is -5.23. The minimum absolute atomic E-state index is 0.00516. The van der Waals surface area contributed by atoms with Crippen molar-refractivity contribution < 1.29 is 19.7 Å². The van der Waals surface area contributed by atoms with Crippen LogP contribution < -0.4 is 15.1 Å². The monoisotopic (exact) mass is 617 g/mol. The Morgan fingerprint density at radius 2 is 1.37 bits per heavy atom. The second-order valence-corrected chi connectivity index (χ2v) is 11.2. The lowest BCUT2D eigenvalue weighted by Crippen LogP contribution is -2.36. The number of rotatable bonds is 10. The first-order valence-electron chi connectivity index (χ1n) is 15.4. The third-order valence-electron chi connectivity index (χ3n) is 8.25. The minimum atomic E-state index is -0.229. The summed E-state index contributed by atoms with van der Waals surface area (Å²) in [7, 11) is 0. The van der Waals surface area contributed by atoms with Crippen molar-refractivity contribution in [3.63, 3.8) is 0 Å². The number of aliphatic hydroxyl groups excluding tert-OH is 2. The number of nitrogens with one attached hydrogen (secondary N) is 3. The Kier molecular flexibility index (Phi) is 8.34. The van der Waals surface area contributed by atoms with Crippen LogP contribution in [0.1, 0.15) is 10.4 Å². The normalized spacial score (nSPS) is 13.4. The van der Waals surface area contributed by atoms with Crippen LogP contribution in [0, 0.1) is 0 Å². The third kappa shape index (κ3) is 6.16. The van der Waals surface area contributed by atoms with Gasteiger partial charge < -0.3 is 40.0 Å². The first-order chi connectivity index (χ1) is 22.6. The maximum absolute atomic E-state index is 13.2. The van der Waals surface area contributed by atoms with Gasteiger partial charge in [0.05, 0.1) is 48.5 Å². The zero-order valence-electron chi connectivity index (χ0n) is 25.2. The summed E-state index contributed by atoms with van der Waals surface area (Å²) in [6.07, 6.45) is 0. The van der Waals surface area contributed by atoms with Gasteiger partial charge in [-0.05, 0) is 84.9 Å². The molecule has 6 aromatic rings.